The Kier molecular flexibility index (Phi) is 5.39. The quantitative estimate of drug-likeness (QED) is 0.384. The minimum Gasteiger partial charge on any atom is -0.494 e. The molecule has 2 aromatic carbocycles. The monoisotopic (exact) mass is 464 g/mol. The Morgan fingerprint density at radius 3 is 2.60 bits per heavy atom. The van der Waals surface area contributed by atoms with Crippen molar-refractivity contribution in [1.82, 2.24) is 4.90 Å². The third-order valence-corrected chi connectivity index (χ3v) is 5.27. The van der Waals surface area contributed by atoms with Gasteiger partial charge in [0, 0.05) is 16.3 Å². The highest BCUT2D eigenvalue weighted by atomic mass is 127. The Labute approximate surface area is 166 Å². The van der Waals surface area contributed by atoms with Gasteiger partial charge in [0.1, 0.15) is 11.4 Å². The fourth-order valence-electron chi connectivity index (χ4n) is 2.60. The van der Waals surface area contributed by atoms with Crippen LogP contribution in [0.15, 0.2) is 54.2 Å². The van der Waals surface area contributed by atoms with E-state index in [1.54, 1.807) is 11.9 Å². The Bertz CT molecular complexity index is 852. The van der Waals surface area contributed by atoms with Crippen molar-refractivity contribution in [3.05, 3.63) is 63.4 Å². The minimum atomic E-state index is -0.119. The van der Waals surface area contributed by atoms with Gasteiger partial charge in [-0.15, -0.1) is 0 Å². The van der Waals surface area contributed by atoms with E-state index < -0.39 is 0 Å². The van der Waals surface area contributed by atoms with Gasteiger partial charge in [-0.25, -0.2) is 0 Å². The summed E-state index contributed by atoms with van der Waals surface area (Å²) < 4.78 is 6.62. The van der Waals surface area contributed by atoms with Crippen LogP contribution in [0.3, 0.4) is 0 Å². The number of rotatable bonds is 4. The first-order valence-corrected chi connectivity index (χ1v) is 9.33. The van der Waals surface area contributed by atoms with Gasteiger partial charge in [0.05, 0.1) is 6.61 Å². The van der Waals surface area contributed by atoms with Crippen molar-refractivity contribution in [2.24, 2.45) is 0 Å². The largest absolute Gasteiger partial charge is 0.494 e. The molecule has 1 aliphatic heterocycles. The maximum absolute atomic E-state index is 12.7. The molecule has 1 fully saturated rings. The summed E-state index contributed by atoms with van der Waals surface area (Å²) in [6.45, 7) is 2.54. The van der Waals surface area contributed by atoms with Crippen molar-refractivity contribution in [3.63, 3.8) is 0 Å². The van der Waals surface area contributed by atoms with Gasteiger partial charge in [-0.2, -0.15) is 0 Å². The molecule has 6 heteroatoms. The molecule has 2 aromatic rings. The van der Waals surface area contributed by atoms with Crippen molar-refractivity contribution >= 4 is 57.6 Å². The molecule has 0 aromatic heterocycles. The van der Waals surface area contributed by atoms with Crippen molar-refractivity contribution in [1.29, 1.82) is 0 Å². The van der Waals surface area contributed by atoms with Crippen LogP contribution in [0.5, 0.6) is 5.75 Å². The minimum absolute atomic E-state index is 0.119. The molecule has 0 atom stereocenters. The second-order valence-corrected chi connectivity index (χ2v) is 6.99. The number of halogens is 1. The van der Waals surface area contributed by atoms with E-state index in [9.17, 15) is 4.79 Å². The summed E-state index contributed by atoms with van der Waals surface area (Å²) in [7, 11) is 1.70. The molecule has 0 N–H and O–H groups in total. The molecular formula is C19H17IN2O2S. The van der Waals surface area contributed by atoms with E-state index in [0.717, 1.165) is 20.6 Å². The maximum atomic E-state index is 12.7. The molecule has 0 spiro atoms. The molecule has 0 radical (unpaired) electrons. The van der Waals surface area contributed by atoms with E-state index in [2.05, 4.69) is 22.6 Å². The number of nitrogens with zero attached hydrogens (tertiary/aromatic N) is 2. The van der Waals surface area contributed by atoms with E-state index in [-0.39, 0.29) is 5.91 Å². The standard InChI is InChI=1S/C19H17IN2O2S/c1-3-24-15-9-10-16(20)13(11-15)12-17-18(23)21(2)19(25)22(17)14-7-5-4-6-8-14/h4-12H,3H2,1-2H3. The number of carbonyl (C=O) groups excluding carboxylic acids is 1. The lowest BCUT2D eigenvalue weighted by molar-refractivity contribution is -0.121. The van der Waals surface area contributed by atoms with E-state index >= 15 is 0 Å². The number of carbonyl (C=O) groups is 1. The first-order valence-electron chi connectivity index (χ1n) is 7.84. The van der Waals surface area contributed by atoms with Crippen LogP contribution in [0.2, 0.25) is 0 Å². The molecular weight excluding hydrogens is 447 g/mol. The van der Waals surface area contributed by atoms with Gasteiger partial charge >= 0.3 is 0 Å². The van der Waals surface area contributed by atoms with Gasteiger partial charge < -0.3 is 4.74 Å². The summed E-state index contributed by atoms with van der Waals surface area (Å²) in [4.78, 5) is 16.0. The number of hydrogen-bond acceptors (Lipinski definition) is 3. The molecule has 1 heterocycles. The topological polar surface area (TPSA) is 32.8 Å². The number of para-hydroxylation sites is 1. The third-order valence-electron chi connectivity index (χ3n) is 3.83. The van der Waals surface area contributed by atoms with Crippen LogP contribution in [-0.2, 0) is 4.79 Å². The molecule has 3 rings (SSSR count). The zero-order valence-corrected chi connectivity index (χ0v) is 16.9. The SMILES string of the molecule is CCOc1ccc(I)c(C=C2C(=O)N(C)C(=S)N2c2ccccc2)c1. The summed E-state index contributed by atoms with van der Waals surface area (Å²) in [6, 6.07) is 15.5. The summed E-state index contributed by atoms with van der Waals surface area (Å²) >= 11 is 7.73. The first kappa shape index (κ1) is 17.9. The number of likely N-dealkylation sites (N-methyl/N-ethyl adjacent to an activating group) is 1. The average Bonchev–Trinajstić information content (AvgIpc) is 2.83. The second kappa shape index (κ2) is 7.53. The van der Waals surface area contributed by atoms with Crippen molar-refractivity contribution < 1.29 is 9.53 Å². The van der Waals surface area contributed by atoms with Crippen LogP contribution in [0.25, 0.3) is 6.08 Å². The zero-order chi connectivity index (χ0) is 18.0. The molecule has 1 aliphatic rings. The molecule has 1 amide bonds. The Morgan fingerprint density at radius 2 is 1.92 bits per heavy atom. The van der Waals surface area contributed by atoms with E-state index in [0.29, 0.717) is 17.4 Å². The molecule has 0 saturated carbocycles. The zero-order valence-electron chi connectivity index (χ0n) is 13.9. The highest BCUT2D eigenvalue weighted by Crippen LogP contribution is 2.30. The summed E-state index contributed by atoms with van der Waals surface area (Å²) in [5.41, 5.74) is 2.33. The van der Waals surface area contributed by atoms with Crippen LogP contribution < -0.4 is 9.64 Å². The molecule has 1 saturated heterocycles. The van der Waals surface area contributed by atoms with Crippen LogP contribution in [0.1, 0.15) is 12.5 Å². The van der Waals surface area contributed by atoms with Gasteiger partial charge in [0.2, 0.25) is 0 Å². The normalized spacial score (nSPS) is 16.0. The van der Waals surface area contributed by atoms with Crippen LogP contribution in [-0.4, -0.2) is 29.6 Å². The highest BCUT2D eigenvalue weighted by molar-refractivity contribution is 14.1. The van der Waals surface area contributed by atoms with Crippen LogP contribution in [0, 0.1) is 3.57 Å². The van der Waals surface area contributed by atoms with Crippen molar-refractivity contribution in [2.75, 3.05) is 18.6 Å². The summed E-state index contributed by atoms with van der Waals surface area (Å²) in [6.07, 6.45) is 1.87. The smallest absolute Gasteiger partial charge is 0.276 e. The van der Waals surface area contributed by atoms with Crippen LogP contribution >= 0.6 is 34.8 Å². The average molecular weight is 464 g/mol. The summed E-state index contributed by atoms with van der Waals surface area (Å²) in [5, 5.41) is 0.471. The number of thiocarbonyl (C=S) groups is 1. The van der Waals surface area contributed by atoms with Crippen molar-refractivity contribution in [2.45, 2.75) is 6.92 Å². The maximum Gasteiger partial charge on any atom is 0.276 e. The van der Waals surface area contributed by atoms with E-state index in [1.165, 1.54) is 4.90 Å². The number of benzene rings is 2. The number of hydrogen-bond donors (Lipinski definition) is 0. The lowest BCUT2D eigenvalue weighted by Gasteiger charge is -2.18. The second-order valence-electron chi connectivity index (χ2n) is 5.46. The van der Waals surface area contributed by atoms with Gasteiger partial charge in [-0.1, -0.05) is 18.2 Å². The predicted molar refractivity (Wildman–Crippen MR) is 113 cm³/mol. The van der Waals surface area contributed by atoms with Gasteiger partial charge in [-0.3, -0.25) is 14.6 Å². The van der Waals surface area contributed by atoms with Gasteiger partial charge in [0.25, 0.3) is 5.91 Å². The third kappa shape index (κ3) is 3.55. The fraction of sp³-hybridized carbons (Fsp3) is 0.158. The number of anilines is 1. The lowest BCUT2D eigenvalue weighted by Crippen LogP contribution is -2.29. The number of amides is 1. The van der Waals surface area contributed by atoms with Crippen LogP contribution in [0.4, 0.5) is 5.69 Å². The van der Waals surface area contributed by atoms with E-state index in [4.69, 9.17) is 17.0 Å². The lowest BCUT2D eigenvalue weighted by atomic mass is 10.1. The number of ether oxygens (including phenoxy) is 1. The summed E-state index contributed by atoms with van der Waals surface area (Å²) in [5.74, 6) is 0.661. The Morgan fingerprint density at radius 1 is 1.20 bits per heavy atom. The molecule has 0 aliphatic carbocycles. The fourth-order valence-corrected chi connectivity index (χ4v) is 3.37. The molecule has 128 valence electrons. The molecule has 0 unspecified atom stereocenters. The molecule has 0 bridgehead atoms. The van der Waals surface area contributed by atoms with Crippen molar-refractivity contribution in [3.8, 4) is 5.75 Å². The Balaban J connectivity index is 2.09. The predicted octanol–water partition coefficient (Wildman–Crippen LogP) is 4.29. The van der Waals surface area contributed by atoms with Gasteiger partial charge in [0.15, 0.2) is 5.11 Å². The first-order chi connectivity index (χ1) is 12.0. The highest BCUT2D eigenvalue weighted by Gasteiger charge is 2.36. The Hall–Kier alpha value is -1.93. The van der Waals surface area contributed by atoms with Gasteiger partial charge in [-0.05, 0) is 83.7 Å². The molecule has 4 nitrogen and oxygen atoms in total. The van der Waals surface area contributed by atoms with E-state index in [1.807, 2.05) is 61.5 Å². The molecule has 25 heavy (non-hydrogen) atoms.